The van der Waals surface area contributed by atoms with Gasteiger partial charge in [0.15, 0.2) is 0 Å². The molecule has 154 valence electrons. The van der Waals surface area contributed by atoms with E-state index in [1.807, 2.05) is 0 Å². The molecular formula is C25H42O2. The van der Waals surface area contributed by atoms with E-state index in [1.54, 1.807) is 0 Å². The molecule has 27 heavy (non-hydrogen) atoms. The normalized spacial score (nSPS) is 38.6. The molecule has 0 heterocycles. The molecule has 1 N–H and O–H groups in total. The molecule has 0 aromatic heterocycles. The first kappa shape index (κ1) is 21.2. The van der Waals surface area contributed by atoms with E-state index in [0.29, 0.717) is 23.7 Å². The quantitative estimate of drug-likeness (QED) is 0.316. The molecule has 1 unspecified atom stereocenters. The van der Waals surface area contributed by atoms with Crippen LogP contribution in [0.15, 0.2) is 0 Å². The van der Waals surface area contributed by atoms with Crippen molar-refractivity contribution in [2.24, 2.45) is 35.5 Å². The molecule has 0 aromatic carbocycles. The number of hydrogen-bond acceptors (Lipinski definition) is 2. The highest BCUT2D eigenvalue weighted by atomic mass is 17.1. The predicted molar refractivity (Wildman–Crippen MR) is 112 cm³/mol. The second kappa shape index (κ2) is 10.9. The van der Waals surface area contributed by atoms with Crippen molar-refractivity contribution in [3.63, 3.8) is 0 Å². The van der Waals surface area contributed by atoms with Gasteiger partial charge in [0.25, 0.3) is 0 Å². The van der Waals surface area contributed by atoms with Gasteiger partial charge in [0, 0.05) is 11.8 Å². The fraction of sp³-hybridized carbons (Fsp3) is 0.920. The van der Waals surface area contributed by atoms with Crippen LogP contribution in [0.3, 0.4) is 0 Å². The van der Waals surface area contributed by atoms with Gasteiger partial charge < -0.3 is 0 Å². The zero-order valence-corrected chi connectivity index (χ0v) is 17.8. The third kappa shape index (κ3) is 6.23. The number of rotatable bonds is 5. The zero-order chi connectivity index (χ0) is 19.1. The standard InChI is InChI=1S/C25H42O2/c1-3-4-20-11-15-23(16-12-20)25(27-26)24-17-13-22(14-18-24)10-9-21-7-5-19(2)6-8-21/h19-26H,3-8,11-18H2,1-2H3. The van der Waals surface area contributed by atoms with Gasteiger partial charge in [-0.2, -0.15) is 0 Å². The van der Waals surface area contributed by atoms with E-state index in [2.05, 4.69) is 25.7 Å². The fourth-order valence-electron chi connectivity index (χ4n) is 6.00. The van der Waals surface area contributed by atoms with Crippen molar-refractivity contribution in [3.8, 4) is 11.8 Å². The summed E-state index contributed by atoms with van der Waals surface area (Å²) in [7, 11) is 0. The molecule has 3 rings (SSSR count). The molecule has 3 saturated carbocycles. The lowest BCUT2D eigenvalue weighted by Crippen LogP contribution is -2.36. The summed E-state index contributed by atoms with van der Waals surface area (Å²) in [6, 6.07) is 0. The Bertz CT molecular complexity index is 466. The molecule has 0 spiro atoms. The van der Waals surface area contributed by atoms with Crippen LogP contribution < -0.4 is 0 Å². The summed E-state index contributed by atoms with van der Waals surface area (Å²) in [5.41, 5.74) is 0. The van der Waals surface area contributed by atoms with Gasteiger partial charge in [0.1, 0.15) is 0 Å². The average molecular weight is 375 g/mol. The Morgan fingerprint density at radius 2 is 1.26 bits per heavy atom. The minimum atomic E-state index is 0.0707. The lowest BCUT2D eigenvalue weighted by Gasteiger charge is -2.38. The van der Waals surface area contributed by atoms with Crippen molar-refractivity contribution in [1.29, 1.82) is 0 Å². The maximum atomic E-state index is 9.63. The molecule has 0 radical (unpaired) electrons. The molecule has 1 atom stereocenters. The smallest absolute Gasteiger partial charge is 0.0983 e. The molecule has 3 fully saturated rings. The van der Waals surface area contributed by atoms with Crippen LogP contribution in [0, 0.1) is 47.3 Å². The maximum Gasteiger partial charge on any atom is 0.0983 e. The SMILES string of the molecule is CCCC1CCC(C(OO)C2CCC(C#CC3CCC(C)CC3)CC2)CC1. The second-order valence-electron chi connectivity index (χ2n) is 10.00. The van der Waals surface area contributed by atoms with Gasteiger partial charge in [-0.05, 0) is 87.9 Å². The summed E-state index contributed by atoms with van der Waals surface area (Å²) in [6.07, 6.45) is 18.0. The van der Waals surface area contributed by atoms with Gasteiger partial charge in [-0.1, -0.05) is 51.4 Å². The molecular weight excluding hydrogens is 332 g/mol. The highest BCUT2D eigenvalue weighted by Gasteiger charge is 2.35. The number of hydrogen-bond donors (Lipinski definition) is 1. The van der Waals surface area contributed by atoms with E-state index in [0.717, 1.165) is 11.8 Å². The maximum absolute atomic E-state index is 9.63. The van der Waals surface area contributed by atoms with Crippen LogP contribution in [0.4, 0.5) is 0 Å². The first-order valence-corrected chi connectivity index (χ1v) is 12.0. The Morgan fingerprint density at radius 3 is 1.74 bits per heavy atom. The second-order valence-corrected chi connectivity index (χ2v) is 10.00. The third-order valence-corrected chi connectivity index (χ3v) is 7.92. The van der Waals surface area contributed by atoms with E-state index < -0.39 is 0 Å². The van der Waals surface area contributed by atoms with Crippen molar-refractivity contribution >= 4 is 0 Å². The van der Waals surface area contributed by atoms with Crippen molar-refractivity contribution in [2.75, 3.05) is 0 Å². The van der Waals surface area contributed by atoms with Gasteiger partial charge in [-0.25, -0.2) is 4.89 Å². The Kier molecular flexibility index (Phi) is 8.53. The van der Waals surface area contributed by atoms with Crippen molar-refractivity contribution in [3.05, 3.63) is 0 Å². The minimum absolute atomic E-state index is 0.0707. The minimum Gasteiger partial charge on any atom is -0.252 e. The summed E-state index contributed by atoms with van der Waals surface area (Å²) in [4.78, 5) is 5.09. The van der Waals surface area contributed by atoms with Crippen LogP contribution in [0.25, 0.3) is 0 Å². The van der Waals surface area contributed by atoms with Gasteiger partial charge in [-0.3, -0.25) is 5.26 Å². The van der Waals surface area contributed by atoms with Gasteiger partial charge in [-0.15, -0.1) is 0 Å². The highest BCUT2D eigenvalue weighted by molar-refractivity contribution is 5.09. The van der Waals surface area contributed by atoms with Crippen LogP contribution in [0.2, 0.25) is 0 Å². The van der Waals surface area contributed by atoms with Crippen LogP contribution in [-0.2, 0) is 4.89 Å². The van der Waals surface area contributed by atoms with Crippen molar-refractivity contribution in [2.45, 2.75) is 110 Å². The van der Waals surface area contributed by atoms with E-state index in [-0.39, 0.29) is 6.10 Å². The molecule has 0 saturated heterocycles. The lowest BCUT2D eigenvalue weighted by atomic mass is 9.71. The fourth-order valence-corrected chi connectivity index (χ4v) is 6.00. The molecule has 0 bridgehead atoms. The van der Waals surface area contributed by atoms with Crippen LogP contribution in [0.5, 0.6) is 0 Å². The molecule has 0 aromatic rings. The summed E-state index contributed by atoms with van der Waals surface area (Å²) in [5, 5.41) is 9.63. The summed E-state index contributed by atoms with van der Waals surface area (Å²) in [5.74, 6) is 11.4. The summed E-state index contributed by atoms with van der Waals surface area (Å²) in [6.45, 7) is 4.67. The molecule has 0 aliphatic heterocycles. The average Bonchev–Trinajstić information content (AvgIpc) is 2.71. The first-order valence-electron chi connectivity index (χ1n) is 12.0. The van der Waals surface area contributed by atoms with Crippen LogP contribution in [0.1, 0.15) is 104 Å². The van der Waals surface area contributed by atoms with Gasteiger partial charge in [0.05, 0.1) is 6.10 Å². The van der Waals surface area contributed by atoms with E-state index >= 15 is 0 Å². The summed E-state index contributed by atoms with van der Waals surface area (Å²) >= 11 is 0. The van der Waals surface area contributed by atoms with E-state index in [4.69, 9.17) is 4.89 Å². The zero-order valence-electron chi connectivity index (χ0n) is 17.8. The third-order valence-electron chi connectivity index (χ3n) is 7.92. The Morgan fingerprint density at radius 1 is 0.778 bits per heavy atom. The Balaban J connectivity index is 1.42. The lowest BCUT2D eigenvalue weighted by molar-refractivity contribution is -0.306. The molecule has 2 heteroatoms. The molecule has 3 aliphatic rings. The van der Waals surface area contributed by atoms with Crippen LogP contribution in [-0.4, -0.2) is 11.4 Å². The van der Waals surface area contributed by atoms with E-state index in [1.165, 1.54) is 89.9 Å². The van der Waals surface area contributed by atoms with Gasteiger partial charge >= 0.3 is 0 Å². The largest absolute Gasteiger partial charge is 0.252 e. The Labute approximate surface area is 167 Å². The topological polar surface area (TPSA) is 29.5 Å². The monoisotopic (exact) mass is 374 g/mol. The molecule has 0 amide bonds. The Hall–Kier alpha value is -0.520. The molecule has 3 aliphatic carbocycles. The molecule has 2 nitrogen and oxygen atoms in total. The first-order chi connectivity index (χ1) is 13.2. The highest BCUT2D eigenvalue weighted by Crippen LogP contribution is 2.40. The van der Waals surface area contributed by atoms with E-state index in [9.17, 15) is 5.26 Å². The van der Waals surface area contributed by atoms with Crippen molar-refractivity contribution in [1.82, 2.24) is 0 Å². The summed E-state index contributed by atoms with van der Waals surface area (Å²) < 4.78 is 0. The van der Waals surface area contributed by atoms with Crippen LogP contribution >= 0.6 is 0 Å². The predicted octanol–water partition coefficient (Wildman–Crippen LogP) is 7.09. The van der Waals surface area contributed by atoms with Gasteiger partial charge in [0.2, 0.25) is 0 Å². The van der Waals surface area contributed by atoms with Crippen molar-refractivity contribution < 1.29 is 10.1 Å².